The molecule has 2 fully saturated rings. The maximum atomic E-state index is 9.57. The minimum absolute atomic E-state index is 0.334. The van der Waals surface area contributed by atoms with Crippen molar-refractivity contribution >= 4 is 11.5 Å². The fraction of sp³-hybridized carbons (Fsp3) is 0.429. The fourth-order valence-electron chi connectivity index (χ4n) is 3.97. The maximum absolute atomic E-state index is 9.57. The van der Waals surface area contributed by atoms with E-state index < -0.39 is 0 Å². The molecule has 2 aliphatic rings. The van der Waals surface area contributed by atoms with Crippen molar-refractivity contribution in [1.82, 2.24) is 10.3 Å². The van der Waals surface area contributed by atoms with Crippen LogP contribution in [0.5, 0.6) is 0 Å². The molecule has 140 valence electrons. The number of hydrogen-bond acceptors (Lipinski definition) is 6. The first-order chi connectivity index (χ1) is 13.3. The largest absolute Gasteiger partial charge is 0.383 e. The minimum atomic E-state index is 0.334. The summed E-state index contributed by atoms with van der Waals surface area (Å²) in [6.45, 7) is 5.33. The van der Waals surface area contributed by atoms with Crippen molar-refractivity contribution in [1.29, 1.82) is 5.26 Å². The van der Waals surface area contributed by atoms with E-state index in [-0.39, 0.29) is 0 Å². The standard InChI is InChI=1S/C21H25N5O/c22-14-19-18(15-5-7-24-8-6-15)13-20(25-21(19)23)16-1-3-17(4-2-16)26-9-11-27-12-10-26/h1-4,13,15,24H,5-12H2,(H2,23,25). The molecule has 1 aromatic heterocycles. The van der Waals surface area contributed by atoms with Gasteiger partial charge in [0.2, 0.25) is 0 Å². The maximum Gasteiger partial charge on any atom is 0.142 e. The van der Waals surface area contributed by atoms with E-state index in [1.807, 2.05) is 0 Å². The summed E-state index contributed by atoms with van der Waals surface area (Å²) in [6.07, 6.45) is 2.04. The zero-order valence-electron chi connectivity index (χ0n) is 15.4. The zero-order chi connectivity index (χ0) is 18.6. The number of piperidine rings is 1. The first kappa shape index (κ1) is 17.8. The van der Waals surface area contributed by atoms with Crippen LogP contribution in [-0.2, 0) is 4.74 Å². The van der Waals surface area contributed by atoms with Crippen molar-refractivity contribution in [3.8, 4) is 17.3 Å². The molecule has 4 rings (SSSR count). The summed E-state index contributed by atoms with van der Waals surface area (Å²) in [6, 6.07) is 12.8. The second-order valence-electron chi connectivity index (χ2n) is 7.14. The van der Waals surface area contributed by atoms with Gasteiger partial charge in [-0.25, -0.2) is 4.98 Å². The van der Waals surface area contributed by atoms with E-state index >= 15 is 0 Å². The molecule has 0 unspecified atom stereocenters. The minimum Gasteiger partial charge on any atom is -0.383 e. The number of rotatable bonds is 3. The molecule has 3 N–H and O–H groups in total. The Hall–Kier alpha value is -2.62. The molecule has 6 nitrogen and oxygen atoms in total. The zero-order valence-corrected chi connectivity index (χ0v) is 15.4. The summed E-state index contributed by atoms with van der Waals surface area (Å²) >= 11 is 0. The van der Waals surface area contributed by atoms with E-state index in [1.54, 1.807) is 0 Å². The van der Waals surface area contributed by atoms with Crippen molar-refractivity contribution in [2.24, 2.45) is 0 Å². The van der Waals surface area contributed by atoms with Crippen LogP contribution < -0.4 is 16.0 Å². The van der Waals surface area contributed by atoms with Crippen LogP contribution in [0, 0.1) is 11.3 Å². The average molecular weight is 363 g/mol. The van der Waals surface area contributed by atoms with E-state index in [0.717, 1.165) is 69.1 Å². The molecule has 0 spiro atoms. The van der Waals surface area contributed by atoms with Gasteiger partial charge in [0.25, 0.3) is 0 Å². The molecule has 0 radical (unpaired) electrons. The van der Waals surface area contributed by atoms with E-state index in [4.69, 9.17) is 10.5 Å². The number of ether oxygens (including phenoxy) is 1. The van der Waals surface area contributed by atoms with Crippen molar-refractivity contribution in [2.75, 3.05) is 50.0 Å². The number of benzene rings is 1. The van der Waals surface area contributed by atoms with Crippen LogP contribution in [0.2, 0.25) is 0 Å². The second-order valence-corrected chi connectivity index (χ2v) is 7.14. The number of nitriles is 1. The van der Waals surface area contributed by atoms with Gasteiger partial charge in [0.1, 0.15) is 11.9 Å². The number of anilines is 2. The Morgan fingerprint density at radius 1 is 1.15 bits per heavy atom. The van der Waals surface area contributed by atoms with Crippen LogP contribution in [-0.4, -0.2) is 44.4 Å². The molecule has 2 aliphatic heterocycles. The van der Waals surface area contributed by atoms with Gasteiger partial charge < -0.3 is 20.7 Å². The van der Waals surface area contributed by atoms with Crippen LogP contribution in [0.3, 0.4) is 0 Å². The molecule has 0 atom stereocenters. The Morgan fingerprint density at radius 3 is 2.52 bits per heavy atom. The molecule has 1 aromatic carbocycles. The number of nitrogens with zero attached hydrogens (tertiary/aromatic N) is 3. The molecule has 0 saturated carbocycles. The van der Waals surface area contributed by atoms with Gasteiger partial charge in [-0.15, -0.1) is 0 Å². The molecule has 0 bridgehead atoms. The third-order valence-corrected chi connectivity index (χ3v) is 5.51. The molecule has 3 heterocycles. The summed E-state index contributed by atoms with van der Waals surface area (Å²) in [4.78, 5) is 6.85. The quantitative estimate of drug-likeness (QED) is 0.871. The Labute approximate surface area is 160 Å². The lowest BCUT2D eigenvalue weighted by Gasteiger charge is -2.29. The molecular formula is C21H25N5O. The molecule has 6 heteroatoms. The van der Waals surface area contributed by atoms with E-state index in [1.165, 1.54) is 5.69 Å². The summed E-state index contributed by atoms with van der Waals surface area (Å²) < 4.78 is 5.42. The predicted octanol–water partition coefficient (Wildman–Crippen LogP) is 2.51. The van der Waals surface area contributed by atoms with Gasteiger partial charge in [0.15, 0.2) is 0 Å². The van der Waals surface area contributed by atoms with Gasteiger partial charge in [-0.05, 0) is 55.6 Å². The lowest BCUT2D eigenvalue weighted by Crippen LogP contribution is -2.36. The van der Waals surface area contributed by atoms with Gasteiger partial charge in [-0.2, -0.15) is 5.26 Å². The third kappa shape index (κ3) is 3.75. The Bertz CT molecular complexity index is 831. The topological polar surface area (TPSA) is 87.2 Å². The first-order valence-electron chi connectivity index (χ1n) is 9.60. The van der Waals surface area contributed by atoms with Crippen molar-refractivity contribution in [2.45, 2.75) is 18.8 Å². The van der Waals surface area contributed by atoms with Gasteiger partial charge in [-0.1, -0.05) is 12.1 Å². The number of nitrogen functional groups attached to an aromatic ring is 1. The van der Waals surface area contributed by atoms with Crippen LogP contribution in [0.1, 0.15) is 29.9 Å². The third-order valence-electron chi connectivity index (χ3n) is 5.51. The number of pyridine rings is 1. The highest BCUT2D eigenvalue weighted by atomic mass is 16.5. The van der Waals surface area contributed by atoms with Gasteiger partial charge in [0.05, 0.1) is 24.5 Å². The van der Waals surface area contributed by atoms with Crippen LogP contribution >= 0.6 is 0 Å². The van der Waals surface area contributed by atoms with Crippen LogP contribution in [0.4, 0.5) is 11.5 Å². The highest BCUT2D eigenvalue weighted by molar-refractivity contribution is 5.68. The average Bonchev–Trinajstić information content (AvgIpc) is 2.74. The van der Waals surface area contributed by atoms with Crippen molar-refractivity contribution in [3.05, 3.63) is 41.5 Å². The van der Waals surface area contributed by atoms with Gasteiger partial charge in [0, 0.05) is 24.3 Å². The number of nitrogens with one attached hydrogen (secondary N) is 1. The smallest absolute Gasteiger partial charge is 0.142 e. The Morgan fingerprint density at radius 2 is 1.85 bits per heavy atom. The molecule has 27 heavy (non-hydrogen) atoms. The lowest BCUT2D eigenvalue weighted by atomic mass is 9.87. The SMILES string of the molecule is N#Cc1c(C2CCNCC2)cc(-c2ccc(N3CCOCC3)cc2)nc1N. The first-order valence-corrected chi connectivity index (χ1v) is 9.60. The lowest BCUT2D eigenvalue weighted by molar-refractivity contribution is 0.122. The Balaban J connectivity index is 1.65. The number of aromatic nitrogens is 1. The summed E-state index contributed by atoms with van der Waals surface area (Å²) in [5.74, 6) is 0.693. The van der Waals surface area contributed by atoms with E-state index in [9.17, 15) is 5.26 Å². The highest BCUT2D eigenvalue weighted by Crippen LogP contribution is 2.33. The number of nitrogens with two attached hydrogens (primary N) is 1. The summed E-state index contributed by atoms with van der Waals surface area (Å²) in [7, 11) is 0. The van der Waals surface area contributed by atoms with Gasteiger partial charge in [-0.3, -0.25) is 0 Å². The van der Waals surface area contributed by atoms with Crippen LogP contribution in [0.25, 0.3) is 11.3 Å². The van der Waals surface area contributed by atoms with E-state index in [2.05, 4.69) is 51.6 Å². The number of hydrogen-bond donors (Lipinski definition) is 2. The summed E-state index contributed by atoms with van der Waals surface area (Å²) in [5, 5.41) is 12.9. The monoisotopic (exact) mass is 363 g/mol. The second kappa shape index (κ2) is 7.95. The van der Waals surface area contributed by atoms with Crippen molar-refractivity contribution in [3.63, 3.8) is 0 Å². The molecular weight excluding hydrogens is 338 g/mol. The van der Waals surface area contributed by atoms with E-state index in [0.29, 0.717) is 17.3 Å². The molecule has 2 aromatic rings. The molecule has 0 amide bonds. The van der Waals surface area contributed by atoms with Crippen LogP contribution in [0.15, 0.2) is 30.3 Å². The highest BCUT2D eigenvalue weighted by Gasteiger charge is 2.22. The van der Waals surface area contributed by atoms with Gasteiger partial charge >= 0.3 is 0 Å². The fourth-order valence-corrected chi connectivity index (χ4v) is 3.97. The normalized spacial score (nSPS) is 18.3. The summed E-state index contributed by atoms with van der Waals surface area (Å²) in [5.41, 5.74) is 10.8. The predicted molar refractivity (Wildman–Crippen MR) is 107 cm³/mol. The number of morpholine rings is 1. The van der Waals surface area contributed by atoms with Crippen molar-refractivity contribution < 1.29 is 4.74 Å². The molecule has 0 aliphatic carbocycles. The Kier molecular flexibility index (Phi) is 5.23. The molecule has 2 saturated heterocycles.